The molecule has 2 heterocycles. The molecular formula is C17H21FN2O2. The van der Waals surface area contributed by atoms with E-state index >= 15 is 0 Å². The van der Waals surface area contributed by atoms with E-state index in [1.807, 2.05) is 4.90 Å². The van der Waals surface area contributed by atoms with E-state index in [9.17, 15) is 14.0 Å². The molecule has 22 heavy (non-hydrogen) atoms. The summed E-state index contributed by atoms with van der Waals surface area (Å²) in [5.74, 6) is -0.301. The highest BCUT2D eigenvalue weighted by Crippen LogP contribution is 2.23. The molecule has 118 valence electrons. The SMILES string of the molecule is Cc1ccc(C(=O)N2CCC[C@@H](N3CCCC3=O)C2)cc1F. The Hall–Kier alpha value is -1.91. The van der Waals surface area contributed by atoms with Gasteiger partial charge in [-0.2, -0.15) is 0 Å². The summed E-state index contributed by atoms with van der Waals surface area (Å²) in [6.45, 7) is 3.71. The third-order valence-corrected chi connectivity index (χ3v) is 4.65. The molecule has 4 nitrogen and oxygen atoms in total. The average molecular weight is 304 g/mol. The summed E-state index contributed by atoms with van der Waals surface area (Å²) in [5.41, 5.74) is 0.923. The molecule has 2 amide bonds. The van der Waals surface area contributed by atoms with Crippen LogP contribution < -0.4 is 0 Å². The standard InChI is InChI=1S/C17H21FN2O2/c1-12-6-7-13(10-15(12)18)17(22)19-8-2-4-14(11-19)20-9-3-5-16(20)21/h6-7,10,14H,2-5,8-9,11H2,1H3/t14-/m1/s1. The van der Waals surface area contributed by atoms with E-state index in [4.69, 9.17) is 0 Å². The molecule has 1 aromatic rings. The number of amides is 2. The summed E-state index contributed by atoms with van der Waals surface area (Å²) in [7, 11) is 0. The maximum absolute atomic E-state index is 13.7. The first-order valence-electron chi connectivity index (χ1n) is 7.91. The lowest BCUT2D eigenvalue weighted by Gasteiger charge is -2.37. The predicted molar refractivity (Wildman–Crippen MR) is 81.0 cm³/mol. The van der Waals surface area contributed by atoms with Crippen molar-refractivity contribution in [1.29, 1.82) is 0 Å². The molecular weight excluding hydrogens is 283 g/mol. The normalized spacial score (nSPS) is 22.3. The largest absolute Gasteiger partial charge is 0.338 e. The fourth-order valence-electron chi connectivity index (χ4n) is 3.36. The van der Waals surface area contributed by atoms with Crippen LogP contribution in [0.1, 0.15) is 41.6 Å². The maximum Gasteiger partial charge on any atom is 0.254 e. The molecule has 0 unspecified atom stereocenters. The molecule has 0 radical (unpaired) electrons. The van der Waals surface area contributed by atoms with Crippen molar-refractivity contribution in [3.8, 4) is 0 Å². The van der Waals surface area contributed by atoms with Crippen molar-refractivity contribution in [3.05, 3.63) is 35.1 Å². The molecule has 0 spiro atoms. The Balaban J connectivity index is 1.72. The molecule has 0 N–H and O–H groups in total. The molecule has 0 aliphatic carbocycles. The second-order valence-electron chi connectivity index (χ2n) is 6.20. The van der Waals surface area contributed by atoms with E-state index < -0.39 is 0 Å². The summed E-state index contributed by atoms with van der Waals surface area (Å²) in [6.07, 6.45) is 3.35. The molecule has 0 bridgehead atoms. The zero-order chi connectivity index (χ0) is 15.7. The number of piperidine rings is 1. The topological polar surface area (TPSA) is 40.6 Å². The van der Waals surface area contributed by atoms with Gasteiger partial charge >= 0.3 is 0 Å². The first-order valence-corrected chi connectivity index (χ1v) is 7.91. The summed E-state index contributed by atoms with van der Waals surface area (Å²) in [6, 6.07) is 4.73. The molecule has 2 fully saturated rings. The molecule has 1 atom stereocenters. The van der Waals surface area contributed by atoms with Gasteiger partial charge in [0.2, 0.25) is 5.91 Å². The number of likely N-dealkylation sites (tertiary alicyclic amines) is 2. The minimum absolute atomic E-state index is 0.114. The van der Waals surface area contributed by atoms with Crippen molar-refractivity contribution in [2.24, 2.45) is 0 Å². The van der Waals surface area contributed by atoms with Crippen LogP contribution >= 0.6 is 0 Å². The number of aryl methyl sites for hydroxylation is 1. The van der Waals surface area contributed by atoms with Gasteiger partial charge in [-0.25, -0.2) is 4.39 Å². The molecule has 2 aliphatic heterocycles. The van der Waals surface area contributed by atoms with Crippen LogP contribution in [-0.4, -0.2) is 47.3 Å². The monoisotopic (exact) mass is 304 g/mol. The van der Waals surface area contributed by atoms with Crippen LogP contribution in [0.5, 0.6) is 0 Å². The Morgan fingerprint density at radius 3 is 2.77 bits per heavy atom. The van der Waals surface area contributed by atoms with Crippen LogP contribution in [0.15, 0.2) is 18.2 Å². The molecule has 2 aliphatic rings. The fourth-order valence-corrected chi connectivity index (χ4v) is 3.36. The highest BCUT2D eigenvalue weighted by atomic mass is 19.1. The van der Waals surface area contributed by atoms with Crippen molar-refractivity contribution in [1.82, 2.24) is 9.80 Å². The highest BCUT2D eigenvalue weighted by Gasteiger charge is 2.33. The molecule has 0 saturated carbocycles. The summed E-state index contributed by atoms with van der Waals surface area (Å²) in [4.78, 5) is 28.1. The van der Waals surface area contributed by atoms with Crippen LogP contribution in [0, 0.1) is 12.7 Å². The van der Waals surface area contributed by atoms with Gasteiger partial charge in [-0.1, -0.05) is 6.07 Å². The van der Waals surface area contributed by atoms with E-state index in [0.717, 1.165) is 25.8 Å². The van der Waals surface area contributed by atoms with Gasteiger partial charge in [0.15, 0.2) is 0 Å². The highest BCUT2D eigenvalue weighted by molar-refractivity contribution is 5.94. The number of rotatable bonds is 2. The number of carbonyl (C=O) groups excluding carboxylic acids is 2. The lowest BCUT2D eigenvalue weighted by molar-refractivity contribution is -0.130. The van der Waals surface area contributed by atoms with Gasteiger partial charge in [-0.05, 0) is 43.9 Å². The van der Waals surface area contributed by atoms with Crippen LogP contribution in [-0.2, 0) is 4.79 Å². The number of hydrogen-bond acceptors (Lipinski definition) is 2. The van der Waals surface area contributed by atoms with E-state index in [-0.39, 0.29) is 23.7 Å². The van der Waals surface area contributed by atoms with Gasteiger partial charge in [-0.15, -0.1) is 0 Å². The van der Waals surface area contributed by atoms with Gasteiger partial charge in [0.25, 0.3) is 5.91 Å². The van der Waals surface area contributed by atoms with E-state index in [1.54, 1.807) is 24.0 Å². The van der Waals surface area contributed by atoms with Crippen molar-refractivity contribution in [3.63, 3.8) is 0 Å². The number of hydrogen-bond donors (Lipinski definition) is 0. The number of carbonyl (C=O) groups is 2. The lowest BCUT2D eigenvalue weighted by atomic mass is 10.0. The number of halogens is 1. The summed E-state index contributed by atoms with van der Waals surface area (Å²) < 4.78 is 13.7. The molecule has 0 aromatic heterocycles. The predicted octanol–water partition coefficient (Wildman–Crippen LogP) is 2.36. The fraction of sp³-hybridized carbons (Fsp3) is 0.529. The lowest BCUT2D eigenvalue weighted by Crippen LogP contribution is -2.50. The summed E-state index contributed by atoms with van der Waals surface area (Å²) in [5, 5.41) is 0. The first-order chi connectivity index (χ1) is 10.6. The van der Waals surface area contributed by atoms with Gasteiger partial charge in [0, 0.05) is 37.7 Å². The second kappa shape index (κ2) is 6.07. The molecule has 5 heteroatoms. The number of benzene rings is 1. The van der Waals surface area contributed by atoms with E-state index in [0.29, 0.717) is 30.6 Å². The molecule has 1 aromatic carbocycles. The first kappa shape index (κ1) is 15.0. The number of nitrogens with zero attached hydrogens (tertiary/aromatic N) is 2. The third-order valence-electron chi connectivity index (χ3n) is 4.65. The van der Waals surface area contributed by atoms with Gasteiger partial charge in [-0.3, -0.25) is 9.59 Å². The Kier molecular flexibility index (Phi) is 4.14. The Labute approximate surface area is 129 Å². The minimum Gasteiger partial charge on any atom is -0.338 e. The zero-order valence-electron chi connectivity index (χ0n) is 12.8. The van der Waals surface area contributed by atoms with Gasteiger partial charge < -0.3 is 9.80 Å². The van der Waals surface area contributed by atoms with Gasteiger partial charge in [0.05, 0.1) is 0 Å². The third kappa shape index (κ3) is 2.85. The quantitative estimate of drug-likeness (QED) is 0.841. The molecule has 3 rings (SSSR count). The Bertz CT molecular complexity index is 602. The van der Waals surface area contributed by atoms with Crippen molar-refractivity contribution >= 4 is 11.8 Å². The molecule has 2 saturated heterocycles. The Morgan fingerprint density at radius 2 is 2.09 bits per heavy atom. The zero-order valence-corrected chi connectivity index (χ0v) is 12.8. The van der Waals surface area contributed by atoms with Crippen LogP contribution in [0.2, 0.25) is 0 Å². The average Bonchev–Trinajstić information content (AvgIpc) is 2.95. The minimum atomic E-state index is -0.353. The van der Waals surface area contributed by atoms with E-state index in [1.165, 1.54) is 6.07 Å². The summed E-state index contributed by atoms with van der Waals surface area (Å²) >= 11 is 0. The van der Waals surface area contributed by atoms with Gasteiger partial charge in [0.1, 0.15) is 5.82 Å². The van der Waals surface area contributed by atoms with Crippen LogP contribution in [0.25, 0.3) is 0 Å². The maximum atomic E-state index is 13.7. The van der Waals surface area contributed by atoms with Crippen molar-refractivity contribution in [2.45, 2.75) is 38.6 Å². The van der Waals surface area contributed by atoms with Crippen LogP contribution in [0.3, 0.4) is 0 Å². The van der Waals surface area contributed by atoms with Crippen molar-refractivity contribution in [2.75, 3.05) is 19.6 Å². The van der Waals surface area contributed by atoms with Crippen molar-refractivity contribution < 1.29 is 14.0 Å². The smallest absolute Gasteiger partial charge is 0.254 e. The van der Waals surface area contributed by atoms with E-state index in [2.05, 4.69) is 0 Å². The Morgan fingerprint density at radius 1 is 1.27 bits per heavy atom. The van der Waals surface area contributed by atoms with Crippen LogP contribution in [0.4, 0.5) is 4.39 Å². The second-order valence-corrected chi connectivity index (χ2v) is 6.20.